The van der Waals surface area contributed by atoms with E-state index in [1.54, 1.807) is 16.8 Å². The number of benzene rings is 2. The molecule has 0 radical (unpaired) electrons. The van der Waals surface area contributed by atoms with Crippen LogP contribution in [0.1, 0.15) is 45.6 Å². The van der Waals surface area contributed by atoms with Crippen LogP contribution in [0.3, 0.4) is 0 Å². The summed E-state index contributed by atoms with van der Waals surface area (Å²) in [5.74, 6) is 0. The van der Waals surface area contributed by atoms with Crippen LogP contribution in [0.25, 0.3) is 39.4 Å². The first kappa shape index (κ1) is 25.1. The number of nitrogens with zero attached hydrogens (tertiary/aromatic N) is 4. The summed E-state index contributed by atoms with van der Waals surface area (Å²) in [7, 11) is 0. The molecular formula is C30H29ClN6O2. The molecule has 2 aromatic carbocycles. The fourth-order valence-corrected chi connectivity index (χ4v) is 5.29. The number of H-pyrrole nitrogens is 1. The van der Waals surface area contributed by atoms with Gasteiger partial charge in [0, 0.05) is 22.9 Å². The molecule has 0 aliphatic heterocycles. The molecule has 39 heavy (non-hydrogen) atoms. The molecule has 198 valence electrons. The zero-order valence-electron chi connectivity index (χ0n) is 22.0. The van der Waals surface area contributed by atoms with E-state index in [9.17, 15) is 4.79 Å². The van der Waals surface area contributed by atoms with Crippen molar-refractivity contribution in [3.63, 3.8) is 0 Å². The minimum atomic E-state index is -0.554. The van der Waals surface area contributed by atoms with Crippen LogP contribution >= 0.6 is 11.6 Å². The monoisotopic (exact) mass is 540 g/mol. The lowest BCUT2D eigenvalue weighted by Gasteiger charge is -2.43. The summed E-state index contributed by atoms with van der Waals surface area (Å²) in [5, 5.41) is 15.3. The second-order valence-electron chi connectivity index (χ2n) is 10.9. The number of aromatic amines is 1. The van der Waals surface area contributed by atoms with Gasteiger partial charge >= 0.3 is 6.09 Å². The Morgan fingerprint density at radius 3 is 2.41 bits per heavy atom. The number of hydrogen-bond donors (Lipinski definition) is 2. The Morgan fingerprint density at radius 1 is 1.05 bits per heavy atom. The van der Waals surface area contributed by atoms with Gasteiger partial charge in [0.2, 0.25) is 0 Å². The minimum Gasteiger partial charge on any atom is -0.444 e. The van der Waals surface area contributed by atoms with Crippen molar-refractivity contribution in [2.24, 2.45) is 0 Å². The molecule has 2 N–H and O–H groups in total. The van der Waals surface area contributed by atoms with E-state index in [0.29, 0.717) is 10.8 Å². The molecule has 1 fully saturated rings. The smallest absolute Gasteiger partial charge is 0.408 e. The highest BCUT2D eigenvalue weighted by Crippen LogP contribution is 2.43. The van der Waals surface area contributed by atoms with E-state index in [4.69, 9.17) is 21.3 Å². The van der Waals surface area contributed by atoms with Gasteiger partial charge in [-0.15, -0.1) is 0 Å². The first-order chi connectivity index (χ1) is 18.7. The Hall–Kier alpha value is -4.17. The maximum absolute atomic E-state index is 12.6. The van der Waals surface area contributed by atoms with Gasteiger partial charge in [0.05, 0.1) is 16.9 Å². The van der Waals surface area contributed by atoms with E-state index < -0.39 is 17.2 Å². The van der Waals surface area contributed by atoms with Gasteiger partial charge in [-0.3, -0.25) is 5.10 Å². The Labute approximate surface area is 231 Å². The molecule has 0 saturated heterocycles. The van der Waals surface area contributed by atoms with Crippen LogP contribution in [0, 0.1) is 0 Å². The maximum atomic E-state index is 12.6. The standard InChI is InChI=1S/C30H29ClN6O2/c1-29(2,3)39-28(38)34-30(15-7-16-30)21-12-10-19(11-13-21)25-26(20-8-5-4-6-9-20)37-27(33-25)22(18-24(31)36-37)23-14-17-32-35-23/h4-6,8-14,17-18H,7,15-16H2,1-3H3,(H,32,35)(H,34,38). The number of nitrogens with one attached hydrogen (secondary N) is 2. The molecule has 9 heteroatoms. The third kappa shape index (κ3) is 4.76. The van der Waals surface area contributed by atoms with Gasteiger partial charge in [0.25, 0.3) is 0 Å². The van der Waals surface area contributed by atoms with Gasteiger partial charge in [-0.05, 0) is 57.7 Å². The van der Waals surface area contributed by atoms with Crippen LogP contribution in [0.15, 0.2) is 72.9 Å². The van der Waals surface area contributed by atoms with Crippen molar-refractivity contribution in [3.05, 3.63) is 83.6 Å². The van der Waals surface area contributed by atoms with Crippen molar-refractivity contribution in [1.29, 1.82) is 0 Å². The van der Waals surface area contributed by atoms with Crippen LogP contribution < -0.4 is 5.32 Å². The van der Waals surface area contributed by atoms with E-state index in [1.165, 1.54) is 0 Å². The Balaban J connectivity index is 1.44. The van der Waals surface area contributed by atoms with Gasteiger partial charge in [-0.2, -0.15) is 10.2 Å². The number of ether oxygens (including phenoxy) is 1. The minimum absolute atomic E-state index is 0.345. The number of carbonyl (C=O) groups excluding carboxylic acids is 1. The van der Waals surface area contributed by atoms with Crippen molar-refractivity contribution >= 4 is 23.3 Å². The average Bonchev–Trinajstić information content (AvgIpc) is 3.54. The van der Waals surface area contributed by atoms with Crippen molar-refractivity contribution in [1.82, 2.24) is 30.1 Å². The highest BCUT2D eigenvalue weighted by atomic mass is 35.5. The van der Waals surface area contributed by atoms with Crippen LogP contribution in [0.5, 0.6) is 0 Å². The molecule has 1 amide bonds. The zero-order chi connectivity index (χ0) is 27.2. The third-order valence-corrected chi connectivity index (χ3v) is 7.22. The molecule has 8 nitrogen and oxygen atoms in total. The summed E-state index contributed by atoms with van der Waals surface area (Å²) >= 11 is 6.49. The lowest BCUT2D eigenvalue weighted by molar-refractivity contribution is 0.0377. The highest BCUT2D eigenvalue weighted by Gasteiger charge is 2.41. The number of fused-ring (bicyclic) bond motifs is 1. The number of halogens is 1. The van der Waals surface area contributed by atoms with Gasteiger partial charge in [0.1, 0.15) is 11.3 Å². The summed E-state index contributed by atoms with van der Waals surface area (Å²) in [6.07, 6.45) is 4.15. The number of alkyl carbamates (subject to hydrolysis) is 1. The van der Waals surface area contributed by atoms with Gasteiger partial charge in [0.15, 0.2) is 10.8 Å². The molecule has 1 aliphatic rings. The third-order valence-electron chi connectivity index (χ3n) is 7.04. The van der Waals surface area contributed by atoms with Crippen molar-refractivity contribution in [2.75, 3.05) is 0 Å². The van der Waals surface area contributed by atoms with E-state index in [2.05, 4.69) is 44.9 Å². The molecule has 1 saturated carbocycles. The Kier molecular flexibility index (Phi) is 6.14. The number of carbonyl (C=O) groups is 1. The quantitative estimate of drug-likeness (QED) is 0.250. The molecule has 0 atom stereocenters. The Morgan fingerprint density at radius 2 is 1.79 bits per heavy atom. The van der Waals surface area contributed by atoms with Crippen LogP contribution in [0.4, 0.5) is 4.79 Å². The summed E-state index contributed by atoms with van der Waals surface area (Å²) < 4.78 is 7.34. The fraction of sp³-hybridized carbons (Fsp3) is 0.267. The number of amides is 1. The van der Waals surface area contributed by atoms with Gasteiger partial charge < -0.3 is 10.1 Å². The highest BCUT2D eigenvalue weighted by molar-refractivity contribution is 6.29. The first-order valence-corrected chi connectivity index (χ1v) is 13.4. The molecule has 0 spiro atoms. The summed E-state index contributed by atoms with van der Waals surface area (Å²) in [6, 6.07) is 21.9. The zero-order valence-corrected chi connectivity index (χ0v) is 22.8. The van der Waals surface area contributed by atoms with E-state index in [0.717, 1.165) is 58.6 Å². The second kappa shape index (κ2) is 9.54. The number of rotatable bonds is 5. The fourth-order valence-electron chi connectivity index (χ4n) is 5.11. The van der Waals surface area contributed by atoms with Crippen LogP contribution in [-0.2, 0) is 10.3 Å². The lowest BCUT2D eigenvalue weighted by atomic mass is 9.71. The molecule has 1 aliphatic carbocycles. The number of hydrogen-bond acceptors (Lipinski definition) is 5. The predicted molar refractivity (Wildman–Crippen MR) is 151 cm³/mol. The molecular weight excluding hydrogens is 512 g/mol. The van der Waals surface area contributed by atoms with E-state index in [-0.39, 0.29) is 0 Å². The summed E-state index contributed by atoms with van der Waals surface area (Å²) in [5.41, 5.74) is 5.75. The number of imidazole rings is 1. The topological polar surface area (TPSA) is 97.2 Å². The van der Waals surface area contributed by atoms with E-state index in [1.807, 2.05) is 57.2 Å². The molecule has 0 unspecified atom stereocenters. The number of aromatic nitrogens is 5. The largest absolute Gasteiger partial charge is 0.444 e. The average molecular weight is 541 g/mol. The lowest BCUT2D eigenvalue weighted by Crippen LogP contribution is -2.52. The Bertz CT molecular complexity index is 1630. The van der Waals surface area contributed by atoms with Gasteiger partial charge in [-0.25, -0.2) is 14.3 Å². The maximum Gasteiger partial charge on any atom is 0.408 e. The SMILES string of the molecule is CC(C)(C)OC(=O)NC1(c2ccc(-c3nc4c(-c5cc[nH]n5)cc(Cl)nn4c3-c3ccccc3)cc2)CCC1. The molecule has 6 rings (SSSR count). The molecule has 3 heterocycles. The summed E-state index contributed by atoms with van der Waals surface area (Å²) in [4.78, 5) is 17.7. The van der Waals surface area contributed by atoms with Crippen LogP contribution in [0.2, 0.25) is 5.15 Å². The second-order valence-corrected chi connectivity index (χ2v) is 11.3. The first-order valence-electron chi connectivity index (χ1n) is 13.0. The van der Waals surface area contributed by atoms with Crippen molar-refractivity contribution in [3.8, 4) is 33.8 Å². The molecule has 3 aromatic heterocycles. The normalized spacial score (nSPS) is 14.7. The van der Waals surface area contributed by atoms with Crippen molar-refractivity contribution in [2.45, 2.75) is 51.2 Å². The molecule has 5 aromatic rings. The van der Waals surface area contributed by atoms with Crippen molar-refractivity contribution < 1.29 is 9.53 Å². The van der Waals surface area contributed by atoms with Gasteiger partial charge in [-0.1, -0.05) is 66.2 Å². The van der Waals surface area contributed by atoms with Crippen LogP contribution in [-0.4, -0.2) is 36.5 Å². The molecule has 0 bridgehead atoms. The van der Waals surface area contributed by atoms with E-state index >= 15 is 0 Å². The predicted octanol–water partition coefficient (Wildman–Crippen LogP) is 7.01. The summed E-state index contributed by atoms with van der Waals surface area (Å²) in [6.45, 7) is 5.61.